The van der Waals surface area contributed by atoms with E-state index in [1.54, 1.807) is 37.5 Å². The number of hydrogen-bond acceptors (Lipinski definition) is 10. The molecular formula is C23H25N7O5S. The lowest BCUT2D eigenvalue weighted by atomic mass is 10.2. The summed E-state index contributed by atoms with van der Waals surface area (Å²) < 4.78 is 41.1. The molecule has 188 valence electrons. The summed E-state index contributed by atoms with van der Waals surface area (Å²) in [6.07, 6.45) is 4.82. The first kappa shape index (κ1) is 25.0. The highest BCUT2D eigenvalue weighted by Crippen LogP contribution is 2.37. The highest BCUT2D eigenvalue weighted by atomic mass is 32.2. The van der Waals surface area contributed by atoms with Crippen molar-refractivity contribution in [3.63, 3.8) is 0 Å². The fraction of sp³-hybridized carbons (Fsp3) is 0.261. The molecular weight excluding hydrogens is 486 g/mol. The molecule has 0 aliphatic carbocycles. The van der Waals surface area contributed by atoms with Crippen LogP contribution in [0.3, 0.4) is 0 Å². The summed E-state index contributed by atoms with van der Waals surface area (Å²) in [7, 11) is -1.17. The molecule has 0 amide bonds. The molecule has 0 fully saturated rings. The Morgan fingerprint density at radius 3 is 2.28 bits per heavy atom. The number of benzene rings is 1. The number of hydrogen-bond donors (Lipinski definition) is 2. The molecule has 0 saturated heterocycles. The lowest BCUT2D eigenvalue weighted by Crippen LogP contribution is -2.24. The summed E-state index contributed by atoms with van der Waals surface area (Å²) in [6, 6.07) is 6.98. The van der Waals surface area contributed by atoms with Gasteiger partial charge in [0.1, 0.15) is 29.0 Å². The average molecular weight is 512 g/mol. The molecule has 12 nitrogen and oxygen atoms in total. The van der Waals surface area contributed by atoms with Crippen molar-refractivity contribution in [3.05, 3.63) is 66.0 Å². The molecule has 0 radical (unpaired) electrons. The minimum atomic E-state index is -4.14. The lowest BCUT2D eigenvalue weighted by Gasteiger charge is -2.18. The van der Waals surface area contributed by atoms with Crippen molar-refractivity contribution in [2.24, 2.45) is 0 Å². The predicted molar refractivity (Wildman–Crippen MR) is 132 cm³/mol. The standard InChI is InChI=1S/C23H25N7O5S/c1-14-8-16(12-24-9-14)22-27-28-23(30(22)20-18(34-3)6-5-7-19(20)35-4)29-36(32,33)13-17(31)21-25-10-15(2)11-26-21/h5-12,17,31H,13H2,1-4H3,(H,28,29)/t17-/m0/s1. The van der Waals surface area contributed by atoms with E-state index in [4.69, 9.17) is 9.47 Å². The number of aryl methyl sites for hydroxylation is 2. The number of pyridine rings is 1. The fourth-order valence-electron chi connectivity index (χ4n) is 3.52. The summed E-state index contributed by atoms with van der Waals surface area (Å²) in [4.78, 5) is 12.2. The molecule has 1 aromatic carbocycles. The normalized spacial score (nSPS) is 12.2. The van der Waals surface area contributed by atoms with Gasteiger partial charge in [-0.1, -0.05) is 6.07 Å². The number of aliphatic hydroxyl groups is 1. The molecule has 0 unspecified atom stereocenters. The van der Waals surface area contributed by atoms with Crippen LogP contribution in [0.5, 0.6) is 11.5 Å². The van der Waals surface area contributed by atoms with Gasteiger partial charge >= 0.3 is 0 Å². The van der Waals surface area contributed by atoms with Gasteiger partial charge in [-0.15, -0.1) is 10.2 Å². The van der Waals surface area contributed by atoms with E-state index < -0.39 is 21.9 Å². The quantitative estimate of drug-likeness (QED) is 0.342. The van der Waals surface area contributed by atoms with E-state index in [0.717, 1.165) is 11.1 Å². The van der Waals surface area contributed by atoms with Crippen LogP contribution >= 0.6 is 0 Å². The third-order valence-electron chi connectivity index (χ3n) is 5.14. The molecule has 0 aliphatic heterocycles. The number of rotatable bonds is 9. The van der Waals surface area contributed by atoms with Gasteiger partial charge in [0.15, 0.2) is 11.6 Å². The number of methoxy groups -OCH3 is 2. The Balaban J connectivity index is 1.80. The number of aromatic nitrogens is 6. The Labute approximate surface area is 208 Å². The maximum Gasteiger partial charge on any atom is 0.243 e. The van der Waals surface area contributed by atoms with Crippen LogP contribution in [0.25, 0.3) is 17.1 Å². The maximum absolute atomic E-state index is 13.1. The third-order valence-corrected chi connectivity index (χ3v) is 6.39. The minimum Gasteiger partial charge on any atom is -0.494 e. The molecule has 4 rings (SSSR count). The Kier molecular flexibility index (Phi) is 7.12. The van der Waals surface area contributed by atoms with E-state index in [1.165, 1.54) is 31.2 Å². The summed E-state index contributed by atoms with van der Waals surface area (Å²) in [5.41, 5.74) is 2.62. The van der Waals surface area contributed by atoms with E-state index in [9.17, 15) is 13.5 Å². The summed E-state index contributed by atoms with van der Waals surface area (Å²) in [6.45, 7) is 3.66. The Hall–Kier alpha value is -4.10. The van der Waals surface area contributed by atoms with E-state index in [1.807, 2.05) is 13.0 Å². The monoisotopic (exact) mass is 511 g/mol. The smallest absolute Gasteiger partial charge is 0.243 e. The topological polar surface area (TPSA) is 154 Å². The van der Waals surface area contributed by atoms with Crippen LogP contribution in [0.15, 0.2) is 49.1 Å². The molecule has 0 bridgehead atoms. The Bertz CT molecular complexity index is 1450. The average Bonchev–Trinajstić information content (AvgIpc) is 3.25. The molecule has 0 spiro atoms. The first-order valence-corrected chi connectivity index (χ1v) is 12.4. The fourth-order valence-corrected chi connectivity index (χ4v) is 4.57. The zero-order valence-electron chi connectivity index (χ0n) is 20.1. The molecule has 3 aromatic heterocycles. The molecule has 2 N–H and O–H groups in total. The zero-order chi connectivity index (χ0) is 25.9. The van der Waals surface area contributed by atoms with Crippen molar-refractivity contribution in [2.45, 2.75) is 20.0 Å². The van der Waals surface area contributed by atoms with Gasteiger partial charge in [0.2, 0.25) is 16.0 Å². The van der Waals surface area contributed by atoms with Crippen LogP contribution in [-0.4, -0.2) is 63.2 Å². The number of anilines is 1. The molecule has 0 aliphatic rings. The molecule has 4 aromatic rings. The van der Waals surface area contributed by atoms with Gasteiger partial charge in [-0.2, -0.15) is 0 Å². The van der Waals surface area contributed by atoms with E-state index in [0.29, 0.717) is 28.6 Å². The molecule has 13 heteroatoms. The molecule has 3 heterocycles. The SMILES string of the molecule is COc1cccc(OC)c1-n1c(NS(=O)(=O)C[C@H](O)c2ncc(C)cn2)nnc1-c1cncc(C)c1. The maximum atomic E-state index is 13.1. The summed E-state index contributed by atoms with van der Waals surface area (Å²) in [5, 5.41) is 18.8. The first-order chi connectivity index (χ1) is 17.2. The number of nitrogens with zero attached hydrogens (tertiary/aromatic N) is 6. The van der Waals surface area contributed by atoms with Gasteiger partial charge in [0.25, 0.3) is 0 Å². The predicted octanol–water partition coefficient (Wildman–Crippen LogP) is 2.23. The molecule has 0 saturated carbocycles. The largest absolute Gasteiger partial charge is 0.494 e. The second-order valence-electron chi connectivity index (χ2n) is 7.96. The second kappa shape index (κ2) is 10.3. The van der Waals surface area contributed by atoms with Crippen LogP contribution in [0, 0.1) is 13.8 Å². The highest BCUT2D eigenvalue weighted by Gasteiger charge is 2.27. The van der Waals surface area contributed by atoms with Crippen LogP contribution < -0.4 is 14.2 Å². The number of aliphatic hydroxyl groups excluding tert-OH is 1. The van der Waals surface area contributed by atoms with Gasteiger partial charge in [-0.05, 0) is 43.2 Å². The van der Waals surface area contributed by atoms with Crippen molar-refractivity contribution in [2.75, 3.05) is 24.7 Å². The van der Waals surface area contributed by atoms with Gasteiger partial charge < -0.3 is 14.6 Å². The van der Waals surface area contributed by atoms with Crippen molar-refractivity contribution in [1.82, 2.24) is 29.7 Å². The van der Waals surface area contributed by atoms with E-state index in [2.05, 4.69) is 29.9 Å². The van der Waals surface area contributed by atoms with Crippen molar-refractivity contribution in [3.8, 4) is 28.6 Å². The van der Waals surface area contributed by atoms with Crippen molar-refractivity contribution in [1.29, 1.82) is 0 Å². The summed E-state index contributed by atoms with van der Waals surface area (Å²) in [5.74, 6) is 0.243. The van der Waals surface area contributed by atoms with Gasteiger partial charge in [0, 0.05) is 30.4 Å². The number of nitrogens with one attached hydrogen (secondary N) is 1. The van der Waals surface area contributed by atoms with Crippen LogP contribution in [0.1, 0.15) is 23.1 Å². The van der Waals surface area contributed by atoms with Crippen LogP contribution in [0.4, 0.5) is 5.95 Å². The third kappa shape index (κ3) is 5.26. The number of para-hydroxylation sites is 1. The van der Waals surface area contributed by atoms with Crippen molar-refractivity contribution < 1.29 is 23.0 Å². The molecule has 36 heavy (non-hydrogen) atoms. The van der Waals surface area contributed by atoms with Gasteiger partial charge in [0.05, 0.1) is 14.2 Å². The van der Waals surface area contributed by atoms with Gasteiger partial charge in [-0.25, -0.2) is 18.4 Å². The second-order valence-corrected chi connectivity index (χ2v) is 9.73. The Morgan fingerprint density at radius 2 is 1.67 bits per heavy atom. The highest BCUT2D eigenvalue weighted by molar-refractivity contribution is 7.92. The van der Waals surface area contributed by atoms with Crippen molar-refractivity contribution >= 4 is 16.0 Å². The number of sulfonamides is 1. The zero-order valence-corrected chi connectivity index (χ0v) is 20.9. The first-order valence-electron chi connectivity index (χ1n) is 10.8. The lowest BCUT2D eigenvalue weighted by molar-refractivity contribution is 0.191. The minimum absolute atomic E-state index is 0.00892. The van der Waals surface area contributed by atoms with Crippen LogP contribution in [-0.2, 0) is 10.0 Å². The van der Waals surface area contributed by atoms with Crippen LogP contribution in [0.2, 0.25) is 0 Å². The summed E-state index contributed by atoms with van der Waals surface area (Å²) >= 11 is 0. The van der Waals surface area contributed by atoms with E-state index in [-0.39, 0.29) is 11.8 Å². The van der Waals surface area contributed by atoms with E-state index >= 15 is 0 Å². The molecule has 1 atom stereocenters. The Morgan fingerprint density at radius 1 is 1.00 bits per heavy atom. The number of ether oxygens (including phenoxy) is 2. The van der Waals surface area contributed by atoms with Gasteiger partial charge in [-0.3, -0.25) is 14.3 Å².